The van der Waals surface area contributed by atoms with Gasteiger partial charge in [-0.05, 0) is 18.1 Å². The molecule has 4 atom stereocenters. The minimum Gasteiger partial charge on any atom is -0.464 e. The molecule has 0 radical (unpaired) electrons. The molecule has 1 aromatic rings. The number of likely N-dealkylation sites (tertiary alicyclic amines) is 1. The summed E-state index contributed by atoms with van der Waals surface area (Å²) in [6.45, 7) is 0. The first kappa shape index (κ1) is 18.8. The van der Waals surface area contributed by atoms with E-state index in [0.717, 1.165) is 4.90 Å². The molecule has 3 rings (SSSR count). The van der Waals surface area contributed by atoms with Crippen LogP contribution in [-0.4, -0.2) is 54.4 Å². The second-order valence-corrected chi connectivity index (χ2v) is 7.71. The Bertz CT molecular complexity index is 758. The fourth-order valence-corrected chi connectivity index (χ4v) is 4.83. The third kappa shape index (κ3) is 2.63. The number of thioether (sulfide) groups is 1. The van der Waals surface area contributed by atoms with Gasteiger partial charge in [-0.25, -0.2) is 9.18 Å². The van der Waals surface area contributed by atoms with Crippen LogP contribution in [0.2, 0.25) is 0 Å². The number of halogens is 1. The third-order valence-corrected chi connectivity index (χ3v) is 6.15. The normalized spacial score (nSPS) is 30.6. The molecule has 140 valence electrons. The van der Waals surface area contributed by atoms with E-state index in [-0.39, 0.29) is 5.91 Å². The van der Waals surface area contributed by atoms with Crippen LogP contribution in [0, 0.1) is 17.7 Å². The molecule has 2 N–H and O–H groups in total. The summed E-state index contributed by atoms with van der Waals surface area (Å²) >= 11 is 1.54. The van der Waals surface area contributed by atoms with Crippen LogP contribution in [0.15, 0.2) is 24.3 Å². The number of hydrogen-bond donors (Lipinski definition) is 1. The van der Waals surface area contributed by atoms with E-state index in [0.29, 0.717) is 17.7 Å². The molecule has 6 nitrogen and oxygen atoms in total. The van der Waals surface area contributed by atoms with Gasteiger partial charge in [-0.2, -0.15) is 11.8 Å². The Hall–Kier alpha value is -1.93. The zero-order valence-corrected chi connectivity index (χ0v) is 15.7. The predicted octanol–water partition coefficient (Wildman–Crippen LogP) is 0.340. The first-order chi connectivity index (χ1) is 12.4. The van der Waals surface area contributed by atoms with Gasteiger partial charge < -0.3 is 10.1 Å². The molecule has 2 aliphatic heterocycles. The van der Waals surface area contributed by atoms with Gasteiger partial charge in [-0.3, -0.25) is 14.5 Å². The topological polar surface area (TPSA) is 80.3 Å². The Kier molecular flexibility index (Phi) is 5.07. The Labute approximate surface area is 155 Å². The summed E-state index contributed by atoms with van der Waals surface area (Å²) in [4.78, 5) is 39.4. The van der Waals surface area contributed by atoms with E-state index in [2.05, 4.69) is 0 Å². The molecule has 0 bridgehead atoms. The van der Waals surface area contributed by atoms with E-state index >= 15 is 0 Å². The lowest BCUT2D eigenvalue weighted by Gasteiger charge is -2.28. The molecule has 0 aliphatic carbocycles. The molecule has 0 unspecified atom stereocenters. The van der Waals surface area contributed by atoms with Crippen LogP contribution in [0.4, 0.5) is 4.39 Å². The summed E-state index contributed by atoms with van der Waals surface area (Å²) in [6, 6.07) is 5.53. The average Bonchev–Trinajstić information content (AvgIpc) is 3.10. The minimum atomic E-state index is -1.23. The smallest absolute Gasteiger partial charge is 0.368 e. The molecule has 8 heteroatoms. The maximum absolute atomic E-state index is 14.5. The Morgan fingerprint density at radius 2 is 2.04 bits per heavy atom. The van der Waals surface area contributed by atoms with Crippen LogP contribution in [-0.2, 0) is 19.1 Å². The van der Waals surface area contributed by atoms with Crippen LogP contribution in [0.25, 0.3) is 0 Å². The van der Waals surface area contributed by atoms with Gasteiger partial charge in [0.1, 0.15) is 23.7 Å². The summed E-state index contributed by atoms with van der Waals surface area (Å²) in [5.41, 5.74) is -0.902. The fourth-order valence-electron chi connectivity index (χ4n) is 4.29. The first-order valence-corrected chi connectivity index (χ1v) is 9.77. The van der Waals surface area contributed by atoms with Gasteiger partial charge >= 0.3 is 5.97 Å². The second kappa shape index (κ2) is 7.00. The lowest BCUT2D eigenvalue weighted by atomic mass is 9.78. The van der Waals surface area contributed by atoms with Crippen LogP contribution in [0.3, 0.4) is 0 Å². The van der Waals surface area contributed by atoms with Crippen LogP contribution in [0.5, 0.6) is 0 Å². The molecular weight excluding hydrogens is 359 g/mol. The summed E-state index contributed by atoms with van der Waals surface area (Å²) in [7, 11) is 2.69. The van der Waals surface area contributed by atoms with E-state index < -0.39 is 41.1 Å². The molecule has 2 heterocycles. The number of carbonyl (C=O) groups excluding carboxylic acids is 3. The molecule has 2 amide bonds. The number of nitrogens with zero attached hydrogens (tertiary/aromatic N) is 1. The molecule has 1 aromatic carbocycles. The first-order valence-electron chi connectivity index (χ1n) is 8.38. The molecule has 0 spiro atoms. The van der Waals surface area contributed by atoms with E-state index in [4.69, 9.17) is 4.74 Å². The number of rotatable bonds is 5. The van der Waals surface area contributed by atoms with Gasteiger partial charge in [0.15, 0.2) is 0 Å². The van der Waals surface area contributed by atoms with Gasteiger partial charge in [-0.15, -0.1) is 0 Å². The van der Waals surface area contributed by atoms with Crippen molar-refractivity contribution in [2.45, 2.75) is 18.0 Å². The number of methoxy groups -OCH3 is 1. The number of benzene rings is 1. The number of hydrogen-bond acceptors (Lipinski definition) is 5. The van der Waals surface area contributed by atoms with Gasteiger partial charge in [-0.1, -0.05) is 18.2 Å². The monoisotopic (exact) mass is 381 g/mol. The van der Waals surface area contributed by atoms with Crippen LogP contribution >= 0.6 is 11.8 Å². The highest BCUT2D eigenvalue weighted by atomic mass is 32.2. The summed E-state index contributed by atoms with van der Waals surface area (Å²) < 4.78 is 19.5. The van der Waals surface area contributed by atoms with Crippen molar-refractivity contribution in [2.24, 2.45) is 11.8 Å². The van der Waals surface area contributed by atoms with Crippen molar-refractivity contribution in [1.82, 2.24) is 4.90 Å². The fraction of sp³-hybridized carbons (Fsp3) is 0.500. The minimum absolute atomic E-state index is 0.328. The largest absolute Gasteiger partial charge is 0.464 e. The lowest BCUT2D eigenvalue weighted by molar-refractivity contribution is -0.734. The average molecular weight is 381 g/mol. The highest BCUT2D eigenvalue weighted by Crippen LogP contribution is 2.45. The zero-order valence-electron chi connectivity index (χ0n) is 14.9. The number of carbonyl (C=O) groups is 3. The molecule has 0 saturated carbocycles. The van der Waals surface area contributed by atoms with Gasteiger partial charge in [0.2, 0.25) is 17.4 Å². The number of fused-ring (bicyclic) bond motifs is 1. The standard InChI is InChI=1S/C18H21FN2O4S/c1-21-15(22)12-13(16(21)23)18(8-9-26-3,17(24)25-2)20-14(12)10-6-4-5-7-11(10)19/h4-7,12-14,20H,8-9H2,1-3H3/p+1/t12-,13+,14+,18+/m0/s1. The van der Waals surface area contributed by atoms with E-state index in [1.54, 1.807) is 35.3 Å². The van der Waals surface area contributed by atoms with Gasteiger partial charge in [0, 0.05) is 19.0 Å². The van der Waals surface area contributed by atoms with Gasteiger partial charge in [0.25, 0.3) is 0 Å². The lowest BCUT2D eigenvalue weighted by Crippen LogP contribution is -2.98. The Morgan fingerprint density at radius 1 is 1.35 bits per heavy atom. The second-order valence-electron chi connectivity index (χ2n) is 6.73. The number of quaternary nitrogens is 1. The SMILES string of the molecule is COC(=O)[C@]1(CCSC)[NH2+][C@H](c2ccccc2F)[C@H]2C(=O)N(C)C(=O)[C@@H]21. The molecular formula is C18H22FN2O4S+. The summed E-state index contributed by atoms with van der Waals surface area (Å²) in [5, 5.41) is 1.69. The van der Waals surface area contributed by atoms with Crippen molar-refractivity contribution in [3.05, 3.63) is 35.6 Å². The van der Waals surface area contributed by atoms with Gasteiger partial charge in [0.05, 0.1) is 7.11 Å². The molecule has 0 aromatic heterocycles. The Balaban J connectivity index is 2.15. The Morgan fingerprint density at radius 3 is 2.65 bits per heavy atom. The van der Waals surface area contributed by atoms with Crippen molar-refractivity contribution in [2.75, 3.05) is 26.2 Å². The molecule has 2 saturated heterocycles. The van der Waals surface area contributed by atoms with Crippen LogP contribution < -0.4 is 5.32 Å². The molecule has 2 aliphatic rings. The van der Waals surface area contributed by atoms with E-state index in [1.807, 2.05) is 6.26 Å². The van der Waals surface area contributed by atoms with E-state index in [9.17, 15) is 18.8 Å². The van der Waals surface area contributed by atoms with E-state index in [1.165, 1.54) is 20.2 Å². The van der Waals surface area contributed by atoms with Crippen molar-refractivity contribution < 1.29 is 28.8 Å². The zero-order chi connectivity index (χ0) is 19.1. The summed E-state index contributed by atoms with van der Waals surface area (Å²) in [5.74, 6) is -2.80. The van der Waals surface area contributed by atoms with Crippen molar-refractivity contribution >= 4 is 29.5 Å². The highest BCUT2D eigenvalue weighted by Gasteiger charge is 2.71. The number of amides is 2. The quantitative estimate of drug-likeness (QED) is 0.588. The third-order valence-electron chi connectivity index (χ3n) is 5.54. The number of ether oxygens (including phenoxy) is 1. The molecule has 26 heavy (non-hydrogen) atoms. The highest BCUT2D eigenvalue weighted by molar-refractivity contribution is 7.98. The number of esters is 1. The number of nitrogens with two attached hydrogens (primary N) is 1. The maximum atomic E-state index is 14.5. The maximum Gasteiger partial charge on any atom is 0.368 e. The van der Waals surface area contributed by atoms with Crippen molar-refractivity contribution in [1.29, 1.82) is 0 Å². The van der Waals surface area contributed by atoms with Crippen molar-refractivity contribution in [3.8, 4) is 0 Å². The van der Waals surface area contributed by atoms with Crippen molar-refractivity contribution in [3.63, 3.8) is 0 Å². The van der Waals surface area contributed by atoms with Crippen LogP contribution in [0.1, 0.15) is 18.0 Å². The number of imide groups is 1. The summed E-state index contributed by atoms with van der Waals surface area (Å²) in [6.07, 6.45) is 2.26. The predicted molar refractivity (Wildman–Crippen MR) is 93.6 cm³/mol. The molecule has 2 fully saturated rings.